The van der Waals surface area contributed by atoms with Crippen molar-refractivity contribution >= 4 is 41.5 Å². The molecule has 29 heavy (non-hydrogen) atoms. The number of ether oxygens (including phenoxy) is 1. The molecule has 2 unspecified atom stereocenters. The van der Waals surface area contributed by atoms with Crippen LogP contribution in [-0.2, 0) is 4.74 Å². The number of aliphatic imine (C=N–C) groups is 1. The van der Waals surface area contributed by atoms with Gasteiger partial charge in [0.1, 0.15) is 0 Å². The Labute approximate surface area is 197 Å². The highest BCUT2D eigenvalue weighted by molar-refractivity contribution is 14.0. The van der Waals surface area contributed by atoms with Crippen LogP contribution in [0.15, 0.2) is 29.3 Å². The van der Waals surface area contributed by atoms with Gasteiger partial charge in [0, 0.05) is 51.3 Å². The maximum Gasteiger partial charge on any atom is 0.193 e. The maximum atomic E-state index is 6.05. The first kappa shape index (κ1) is 24.7. The fourth-order valence-corrected chi connectivity index (χ4v) is 4.25. The zero-order valence-corrected chi connectivity index (χ0v) is 20.9. The second-order valence-corrected chi connectivity index (χ2v) is 8.41. The largest absolute Gasteiger partial charge is 0.379 e. The molecule has 0 aliphatic carbocycles. The van der Waals surface area contributed by atoms with Gasteiger partial charge >= 0.3 is 0 Å². The third-order valence-corrected chi connectivity index (χ3v) is 6.00. The molecular weight excluding hydrogens is 501 g/mol. The van der Waals surface area contributed by atoms with E-state index in [0.29, 0.717) is 5.92 Å². The Morgan fingerprint density at radius 1 is 1.24 bits per heavy atom. The molecule has 0 aromatic heterocycles. The highest BCUT2D eigenvalue weighted by atomic mass is 127. The number of hydrogen-bond acceptors (Lipinski definition) is 4. The molecule has 2 atom stereocenters. The third-order valence-electron chi connectivity index (χ3n) is 5.75. The number of rotatable bonds is 6. The van der Waals surface area contributed by atoms with Crippen LogP contribution in [-0.4, -0.2) is 94.3 Å². The van der Waals surface area contributed by atoms with Crippen LogP contribution in [0.1, 0.15) is 18.0 Å². The highest BCUT2D eigenvalue weighted by Crippen LogP contribution is 2.21. The Hall–Kier alpha value is -0.610. The summed E-state index contributed by atoms with van der Waals surface area (Å²) < 4.78 is 5.47. The van der Waals surface area contributed by atoms with Crippen molar-refractivity contribution in [2.75, 3.05) is 73.6 Å². The molecule has 8 heteroatoms. The molecule has 0 bridgehead atoms. The lowest BCUT2D eigenvalue weighted by atomic mass is 10.1. The highest BCUT2D eigenvalue weighted by Gasteiger charge is 2.27. The molecule has 0 radical (unpaired) electrons. The first-order valence-electron chi connectivity index (χ1n) is 10.2. The van der Waals surface area contributed by atoms with Gasteiger partial charge in [0.2, 0.25) is 0 Å². The number of guanidine groups is 1. The predicted octanol–water partition coefficient (Wildman–Crippen LogP) is 2.79. The normalized spacial score (nSPS) is 21.9. The number of nitrogens with zero attached hydrogens (tertiary/aromatic N) is 4. The first-order chi connectivity index (χ1) is 13.6. The van der Waals surface area contributed by atoms with Gasteiger partial charge in [-0.25, -0.2) is 0 Å². The van der Waals surface area contributed by atoms with E-state index in [1.807, 2.05) is 19.2 Å². The van der Waals surface area contributed by atoms with Gasteiger partial charge in [-0.1, -0.05) is 23.7 Å². The van der Waals surface area contributed by atoms with Crippen molar-refractivity contribution in [3.05, 3.63) is 34.9 Å². The molecule has 1 aromatic carbocycles. The van der Waals surface area contributed by atoms with Gasteiger partial charge in [0.15, 0.2) is 5.96 Å². The molecule has 2 saturated heterocycles. The van der Waals surface area contributed by atoms with Gasteiger partial charge < -0.3 is 19.9 Å². The topological polar surface area (TPSA) is 43.3 Å². The van der Waals surface area contributed by atoms with E-state index in [1.165, 1.54) is 18.5 Å². The number of nitrogens with one attached hydrogen (secondary N) is 1. The number of likely N-dealkylation sites (N-methyl/N-ethyl adjacent to an activating group) is 1. The van der Waals surface area contributed by atoms with Gasteiger partial charge in [-0.3, -0.25) is 9.89 Å². The molecular formula is C21H35ClIN5O. The van der Waals surface area contributed by atoms with Crippen molar-refractivity contribution in [1.29, 1.82) is 0 Å². The fourth-order valence-electron chi connectivity index (χ4n) is 4.13. The minimum Gasteiger partial charge on any atom is -0.379 e. The van der Waals surface area contributed by atoms with E-state index in [-0.39, 0.29) is 30.0 Å². The van der Waals surface area contributed by atoms with Crippen molar-refractivity contribution in [3.63, 3.8) is 0 Å². The van der Waals surface area contributed by atoms with Crippen LogP contribution in [0.4, 0.5) is 0 Å². The molecule has 2 aliphatic heterocycles. The van der Waals surface area contributed by atoms with Gasteiger partial charge in [0.05, 0.1) is 19.3 Å². The lowest BCUT2D eigenvalue weighted by Crippen LogP contribution is -2.44. The molecule has 0 saturated carbocycles. The number of halogens is 2. The lowest BCUT2D eigenvalue weighted by molar-refractivity contribution is 0.0315. The zero-order valence-electron chi connectivity index (χ0n) is 17.8. The molecule has 6 nitrogen and oxygen atoms in total. The summed E-state index contributed by atoms with van der Waals surface area (Å²) in [4.78, 5) is 11.7. The van der Waals surface area contributed by atoms with E-state index in [2.05, 4.69) is 51.2 Å². The van der Waals surface area contributed by atoms with Crippen molar-refractivity contribution < 1.29 is 4.74 Å². The molecule has 0 spiro atoms. The third kappa shape index (κ3) is 7.24. The summed E-state index contributed by atoms with van der Waals surface area (Å²) in [5.41, 5.74) is 1.25. The summed E-state index contributed by atoms with van der Waals surface area (Å²) in [5, 5.41) is 4.37. The number of hydrogen-bond donors (Lipinski definition) is 1. The summed E-state index contributed by atoms with van der Waals surface area (Å²) in [7, 11) is 6.10. The summed E-state index contributed by atoms with van der Waals surface area (Å²) in [6.45, 7) is 8.00. The molecule has 3 rings (SSSR count). The average Bonchev–Trinajstić information content (AvgIpc) is 3.15. The van der Waals surface area contributed by atoms with Gasteiger partial charge in [-0.15, -0.1) is 24.0 Å². The standard InChI is InChI=1S/C21H34ClN5O.HI/c1-23-21(24-14-20(25(2)3)18-4-6-19(22)7-5-18)27-9-8-17(16-27)15-26-10-12-28-13-11-26;/h4-7,17,20H,8-16H2,1-3H3,(H,23,24);1H. The van der Waals surface area contributed by atoms with Crippen LogP contribution in [0.25, 0.3) is 0 Å². The number of benzene rings is 1. The quantitative estimate of drug-likeness (QED) is 0.345. The maximum absolute atomic E-state index is 6.05. The van der Waals surface area contributed by atoms with Gasteiger partial charge in [-0.2, -0.15) is 0 Å². The van der Waals surface area contributed by atoms with E-state index in [4.69, 9.17) is 16.3 Å². The summed E-state index contributed by atoms with van der Waals surface area (Å²) >= 11 is 6.05. The van der Waals surface area contributed by atoms with Crippen molar-refractivity contribution in [1.82, 2.24) is 20.0 Å². The average molecular weight is 536 g/mol. The Kier molecular flexibility index (Phi) is 10.5. The van der Waals surface area contributed by atoms with Crippen LogP contribution in [0, 0.1) is 5.92 Å². The molecule has 1 N–H and O–H groups in total. The van der Waals surface area contributed by atoms with E-state index in [9.17, 15) is 0 Å². The predicted molar refractivity (Wildman–Crippen MR) is 132 cm³/mol. The van der Waals surface area contributed by atoms with Crippen molar-refractivity contribution in [2.45, 2.75) is 12.5 Å². The second-order valence-electron chi connectivity index (χ2n) is 7.97. The molecule has 2 fully saturated rings. The van der Waals surface area contributed by atoms with Gasteiger partial charge in [0.25, 0.3) is 0 Å². The van der Waals surface area contributed by atoms with Crippen LogP contribution in [0.3, 0.4) is 0 Å². The lowest BCUT2D eigenvalue weighted by Gasteiger charge is -2.30. The number of morpholine rings is 1. The van der Waals surface area contributed by atoms with E-state index in [0.717, 1.165) is 56.9 Å². The summed E-state index contributed by atoms with van der Waals surface area (Å²) in [6, 6.07) is 8.38. The minimum absolute atomic E-state index is 0. The summed E-state index contributed by atoms with van der Waals surface area (Å²) in [5.74, 6) is 1.71. The molecule has 1 aromatic rings. The second kappa shape index (κ2) is 12.3. The van der Waals surface area contributed by atoms with Gasteiger partial charge in [-0.05, 0) is 44.1 Å². The Balaban J connectivity index is 0.00000300. The number of likely N-dealkylation sites (tertiary alicyclic amines) is 1. The van der Waals surface area contributed by atoms with Crippen LogP contribution >= 0.6 is 35.6 Å². The monoisotopic (exact) mass is 535 g/mol. The smallest absolute Gasteiger partial charge is 0.193 e. The molecule has 0 amide bonds. The summed E-state index contributed by atoms with van der Waals surface area (Å²) in [6.07, 6.45) is 1.23. The minimum atomic E-state index is 0. The zero-order chi connectivity index (χ0) is 19.9. The molecule has 164 valence electrons. The fraction of sp³-hybridized carbons (Fsp3) is 0.667. The van der Waals surface area contributed by atoms with Crippen molar-refractivity contribution in [3.8, 4) is 0 Å². The van der Waals surface area contributed by atoms with E-state index >= 15 is 0 Å². The van der Waals surface area contributed by atoms with Crippen LogP contribution in [0.5, 0.6) is 0 Å². The Morgan fingerprint density at radius 3 is 2.55 bits per heavy atom. The van der Waals surface area contributed by atoms with Crippen LogP contribution in [0.2, 0.25) is 5.02 Å². The van der Waals surface area contributed by atoms with E-state index < -0.39 is 0 Å². The SMILES string of the molecule is CN=C(NCC(c1ccc(Cl)cc1)N(C)C)N1CCC(CN2CCOCC2)C1.I. The Bertz CT molecular complexity index is 636. The van der Waals surface area contributed by atoms with Crippen LogP contribution < -0.4 is 5.32 Å². The Morgan fingerprint density at radius 2 is 1.93 bits per heavy atom. The molecule has 2 aliphatic rings. The van der Waals surface area contributed by atoms with E-state index in [1.54, 1.807) is 0 Å². The first-order valence-corrected chi connectivity index (χ1v) is 10.6. The van der Waals surface area contributed by atoms with Crippen molar-refractivity contribution in [2.24, 2.45) is 10.9 Å². The molecule has 2 heterocycles.